The minimum atomic E-state index is -3.69. The lowest BCUT2D eigenvalue weighted by Crippen LogP contribution is -2.36. The van der Waals surface area contributed by atoms with Crippen LogP contribution < -0.4 is 5.32 Å². The van der Waals surface area contributed by atoms with E-state index in [2.05, 4.69) is 15.5 Å². The second-order valence-corrected chi connectivity index (χ2v) is 9.55. The van der Waals surface area contributed by atoms with E-state index in [-0.39, 0.29) is 10.5 Å². The average Bonchev–Trinajstić information content (AvgIpc) is 3.42. The first kappa shape index (κ1) is 17.6. The molecule has 138 valence electrons. The Balaban J connectivity index is 1.58. The van der Waals surface area contributed by atoms with E-state index in [0.717, 1.165) is 37.1 Å². The normalized spacial score (nSPS) is 18.6. The summed E-state index contributed by atoms with van der Waals surface area (Å²) in [5.74, 6) is -0.00963. The lowest BCUT2D eigenvalue weighted by atomic mass is 10.2. The number of aromatic nitrogens is 2. The Morgan fingerprint density at radius 2 is 1.85 bits per heavy atom. The average molecular weight is 393 g/mol. The van der Waals surface area contributed by atoms with Gasteiger partial charge in [-0.15, -0.1) is 10.2 Å². The van der Waals surface area contributed by atoms with E-state index in [9.17, 15) is 13.2 Å². The third-order valence-electron chi connectivity index (χ3n) is 4.65. The fourth-order valence-corrected chi connectivity index (χ4v) is 5.68. The molecular weight excluding hydrogens is 372 g/mol. The molecule has 1 amide bonds. The quantitative estimate of drug-likeness (QED) is 0.845. The van der Waals surface area contributed by atoms with Crippen LogP contribution in [0.4, 0.5) is 5.13 Å². The van der Waals surface area contributed by atoms with E-state index < -0.39 is 15.9 Å². The number of carbonyl (C=O) groups excluding carboxylic acids is 1. The number of anilines is 1. The van der Waals surface area contributed by atoms with E-state index >= 15 is 0 Å². The number of nitrogens with zero attached hydrogens (tertiary/aromatic N) is 3. The zero-order valence-corrected chi connectivity index (χ0v) is 15.9. The van der Waals surface area contributed by atoms with E-state index in [0.29, 0.717) is 24.1 Å². The van der Waals surface area contributed by atoms with Crippen molar-refractivity contribution in [1.82, 2.24) is 14.5 Å². The van der Waals surface area contributed by atoms with E-state index in [1.165, 1.54) is 27.8 Å². The molecule has 0 spiro atoms. The molecule has 0 radical (unpaired) electrons. The van der Waals surface area contributed by atoms with Crippen LogP contribution in [0.2, 0.25) is 0 Å². The van der Waals surface area contributed by atoms with Crippen molar-refractivity contribution in [2.75, 3.05) is 18.4 Å². The van der Waals surface area contributed by atoms with Gasteiger partial charge in [-0.05, 0) is 37.8 Å². The number of benzene rings is 1. The summed E-state index contributed by atoms with van der Waals surface area (Å²) in [5.41, 5.74) is 0.140. The van der Waals surface area contributed by atoms with Gasteiger partial charge in [-0.3, -0.25) is 10.1 Å². The molecule has 1 aromatic carbocycles. The van der Waals surface area contributed by atoms with Crippen molar-refractivity contribution >= 4 is 32.4 Å². The summed E-state index contributed by atoms with van der Waals surface area (Å²) >= 11 is 1.35. The van der Waals surface area contributed by atoms with Crippen molar-refractivity contribution in [2.45, 2.75) is 42.9 Å². The predicted octanol–water partition coefficient (Wildman–Crippen LogP) is 2.84. The highest BCUT2D eigenvalue weighted by Crippen LogP contribution is 2.42. The molecule has 9 heteroatoms. The van der Waals surface area contributed by atoms with Crippen molar-refractivity contribution in [3.05, 3.63) is 34.8 Å². The van der Waals surface area contributed by atoms with Crippen molar-refractivity contribution in [2.24, 2.45) is 0 Å². The molecule has 1 saturated heterocycles. The van der Waals surface area contributed by atoms with Gasteiger partial charge in [-0.2, -0.15) is 4.31 Å². The number of rotatable bonds is 5. The largest absolute Gasteiger partial charge is 0.296 e. The fourth-order valence-electron chi connectivity index (χ4n) is 3.07. The number of piperidine rings is 1. The number of carbonyl (C=O) groups is 1. The van der Waals surface area contributed by atoms with E-state index in [4.69, 9.17) is 0 Å². The maximum Gasteiger partial charge on any atom is 0.258 e. The van der Waals surface area contributed by atoms with Crippen LogP contribution in [-0.2, 0) is 10.0 Å². The third kappa shape index (κ3) is 3.51. The van der Waals surface area contributed by atoms with E-state index in [1.54, 1.807) is 12.1 Å². The number of hydrogen-bond acceptors (Lipinski definition) is 6. The molecule has 1 saturated carbocycles. The standard InChI is InChI=1S/C17H20N4O3S2/c22-15(18-17-20-19-16(25-17)12-8-9-12)13-6-2-3-7-14(13)26(23,24)21-10-4-1-5-11-21/h2-3,6-7,12H,1,4-5,8-11H2,(H,18,20,22). The zero-order valence-electron chi connectivity index (χ0n) is 14.2. The fraction of sp³-hybridized carbons (Fsp3) is 0.471. The maximum absolute atomic E-state index is 13.0. The monoisotopic (exact) mass is 392 g/mol. The lowest BCUT2D eigenvalue weighted by molar-refractivity contribution is 0.102. The van der Waals surface area contributed by atoms with Crippen molar-refractivity contribution in [1.29, 1.82) is 0 Å². The molecule has 0 unspecified atom stereocenters. The molecule has 0 bridgehead atoms. The molecule has 1 aliphatic carbocycles. The van der Waals surface area contributed by atoms with Gasteiger partial charge in [0.05, 0.1) is 10.5 Å². The summed E-state index contributed by atoms with van der Waals surface area (Å²) in [6.45, 7) is 0.999. The van der Waals surface area contributed by atoms with Gasteiger partial charge < -0.3 is 0 Å². The summed E-state index contributed by atoms with van der Waals surface area (Å²) in [5, 5.41) is 12.1. The van der Waals surface area contributed by atoms with Gasteiger partial charge in [0.1, 0.15) is 5.01 Å². The first-order chi connectivity index (χ1) is 12.6. The summed E-state index contributed by atoms with van der Waals surface area (Å²) in [6, 6.07) is 6.34. The van der Waals surface area contributed by atoms with Crippen LogP contribution in [-0.4, -0.2) is 41.9 Å². The molecular formula is C17H20N4O3S2. The van der Waals surface area contributed by atoms with Crippen LogP contribution in [0.25, 0.3) is 0 Å². The van der Waals surface area contributed by atoms with Crippen molar-refractivity contribution in [3.63, 3.8) is 0 Å². The second kappa shape index (κ2) is 7.05. The molecule has 26 heavy (non-hydrogen) atoms. The minimum Gasteiger partial charge on any atom is -0.296 e. The maximum atomic E-state index is 13.0. The van der Waals surface area contributed by atoms with Crippen LogP contribution in [0.5, 0.6) is 0 Å². The summed E-state index contributed by atoms with van der Waals surface area (Å²) < 4.78 is 27.4. The first-order valence-electron chi connectivity index (χ1n) is 8.79. The van der Waals surface area contributed by atoms with Gasteiger partial charge in [-0.1, -0.05) is 29.9 Å². The third-order valence-corrected chi connectivity index (χ3v) is 7.61. The number of sulfonamides is 1. The van der Waals surface area contributed by atoms with Crippen LogP contribution in [0.3, 0.4) is 0 Å². The topological polar surface area (TPSA) is 92.3 Å². The SMILES string of the molecule is O=C(Nc1nnc(C2CC2)s1)c1ccccc1S(=O)(=O)N1CCCCC1. The Labute approximate surface area is 156 Å². The highest BCUT2D eigenvalue weighted by atomic mass is 32.2. The second-order valence-electron chi connectivity index (χ2n) is 6.63. The zero-order chi connectivity index (χ0) is 18.1. The first-order valence-corrected chi connectivity index (χ1v) is 11.1. The molecule has 7 nitrogen and oxygen atoms in total. The molecule has 1 aliphatic heterocycles. The molecule has 2 aromatic rings. The van der Waals surface area contributed by atoms with Crippen molar-refractivity contribution < 1.29 is 13.2 Å². The molecule has 2 heterocycles. The highest BCUT2D eigenvalue weighted by Gasteiger charge is 2.31. The van der Waals surface area contributed by atoms with E-state index in [1.807, 2.05) is 0 Å². The van der Waals surface area contributed by atoms with Gasteiger partial charge in [0, 0.05) is 19.0 Å². The molecule has 1 aromatic heterocycles. The van der Waals surface area contributed by atoms with Gasteiger partial charge >= 0.3 is 0 Å². The van der Waals surface area contributed by atoms with Crippen LogP contribution in [0.15, 0.2) is 29.2 Å². The Hall–Kier alpha value is -1.84. The number of amides is 1. The molecule has 1 N–H and O–H groups in total. The molecule has 0 atom stereocenters. The highest BCUT2D eigenvalue weighted by molar-refractivity contribution is 7.89. The van der Waals surface area contributed by atoms with Gasteiger partial charge in [-0.25, -0.2) is 8.42 Å². The van der Waals surface area contributed by atoms with Crippen LogP contribution >= 0.6 is 11.3 Å². The lowest BCUT2D eigenvalue weighted by Gasteiger charge is -2.26. The number of hydrogen-bond donors (Lipinski definition) is 1. The number of nitrogens with one attached hydrogen (secondary N) is 1. The summed E-state index contributed by atoms with van der Waals surface area (Å²) in [6.07, 6.45) is 4.96. The predicted molar refractivity (Wildman–Crippen MR) is 98.9 cm³/mol. The molecule has 4 rings (SSSR count). The smallest absolute Gasteiger partial charge is 0.258 e. The Morgan fingerprint density at radius 3 is 2.58 bits per heavy atom. The minimum absolute atomic E-state index is 0.0475. The summed E-state index contributed by atoms with van der Waals surface area (Å²) in [7, 11) is -3.69. The van der Waals surface area contributed by atoms with Gasteiger partial charge in [0.25, 0.3) is 5.91 Å². The molecule has 2 aliphatic rings. The van der Waals surface area contributed by atoms with Crippen LogP contribution in [0.1, 0.15) is 53.4 Å². The Kier molecular flexibility index (Phi) is 4.76. The molecule has 2 fully saturated rings. The Morgan fingerprint density at radius 1 is 1.12 bits per heavy atom. The van der Waals surface area contributed by atoms with Gasteiger partial charge in [0.15, 0.2) is 0 Å². The van der Waals surface area contributed by atoms with Crippen molar-refractivity contribution in [3.8, 4) is 0 Å². The van der Waals surface area contributed by atoms with Gasteiger partial charge in [0.2, 0.25) is 15.2 Å². The summed E-state index contributed by atoms with van der Waals surface area (Å²) in [4.78, 5) is 12.8. The Bertz CT molecular complexity index is 916. The van der Waals surface area contributed by atoms with Crippen LogP contribution in [0, 0.1) is 0 Å².